The number of piperidine rings is 2. The lowest BCUT2D eigenvalue weighted by Crippen LogP contribution is -2.35. The van der Waals surface area contributed by atoms with Crippen LogP contribution in [0.15, 0.2) is 47.4 Å². The van der Waals surface area contributed by atoms with E-state index < -0.39 is 10.0 Å². The number of sulfonamides is 1. The van der Waals surface area contributed by atoms with Crippen molar-refractivity contribution in [1.29, 1.82) is 0 Å². The van der Waals surface area contributed by atoms with E-state index in [1.54, 1.807) is 34.6 Å². The number of hydrogen-bond acceptors (Lipinski definition) is 4. The van der Waals surface area contributed by atoms with Crippen molar-refractivity contribution in [2.75, 3.05) is 32.8 Å². The number of hydrogen-bond donors (Lipinski definition) is 1. The van der Waals surface area contributed by atoms with Crippen LogP contribution in [0.5, 0.6) is 0 Å². The van der Waals surface area contributed by atoms with Gasteiger partial charge in [-0.1, -0.05) is 36.8 Å². The van der Waals surface area contributed by atoms with Crippen molar-refractivity contribution in [2.24, 2.45) is 5.92 Å². The van der Waals surface area contributed by atoms with Crippen LogP contribution in [0.2, 0.25) is 0 Å². The lowest BCUT2D eigenvalue weighted by Gasteiger charge is -2.31. The largest absolute Gasteiger partial charge is 0.396 e. The Morgan fingerprint density at radius 3 is 2.38 bits per heavy atom. The first-order valence-corrected chi connectivity index (χ1v) is 13.1. The van der Waals surface area contributed by atoms with Crippen LogP contribution < -0.4 is 0 Å². The van der Waals surface area contributed by atoms with Crippen molar-refractivity contribution < 1.29 is 17.9 Å². The predicted octanol–water partition coefficient (Wildman–Crippen LogP) is 4.26. The van der Waals surface area contributed by atoms with Gasteiger partial charge < -0.3 is 5.11 Å². The highest BCUT2D eigenvalue weighted by atomic mass is 32.2. The average Bonchev–Trinajstić information content (AvgIpc) is 2.82. The number of halogens is 1. The molecule has 0 atom stereocenters. The quantitative estimate of drug-likeness (QED) is 0.671. The lowest BCUT2D eigenvalue weighted by atomic mass is 9.93. The molecule has 1 N–H and O–H groups in total. The molecule has 2 aliphatic rings. The molecule has 0 saturated carbocycles. The van der Waals surface area contributed by atoms with Gasteiger partial charge >= 0.3 is 0 Å². The Bertz CT molecular complexity index is 1010. The van der Waals surface area contributed by atoms with Gasteiger partial charge in [0, 0.05) is 37.4 Å². The van der Waals surface area contributed by atoms with Crippen LogP contribution in [-0.2, 0) is 16.6 Å². The lowest BCUT2D eigenvalue weighted by molar-refractivity contribution is 0.152. The zero-order valence-corrected chi connectivity index (χ0v) is 19.4. The van der Waals surface area contributed by atoms with Crippen LogP contribution in [0.1, 0.15) is 44.1 Å². The maximum atomic E-state index is 15.1. The summed E-state index contributed by atoms with van der Waals surface area (Å²) in [5.74, 6) is 0.256. The van der Waals surface area contributed by atoms with E-state index in [1.807, 2.05) is 6.07 Å². The summed E-state index contributed by atoms with van der Waals surface area (Å²) in [5.41, 5.74) is 1.77. The molecule has 2 saturated heterocycles. The summed E-state index contributed by atoms with van der Waals surface area (Å²) in [5, 5.41) is 9.12. The Labute approximate surface area is 190 Å². The molecule has 2 aromatic rings. The second kappa shape index (κ2) is 10.4. The van der Waals surface area contributed by atoms with Gasteiger partial charge in [-0.15, -0.1) is 0 Å². The van der Waals surface area contributed by atoms with Gasteiger partial charge in [-0.3, -0.25) is 4.90 Å². The van der Waals surface area contributed by atoms with Crippen LogP contribution in [0, 0.1) is 11.7 Å². The summed E-state index contributed by atoms with van der Waals surface area (Å²) in [7, 11) is -3.61. The zero-order valence-electron chi connectivity index (χ0n) is 18.5. The van der Waals surface area contributed by atoms with Gasteiger partial charge in [0.25, 0.3) is 0 Å². The molecular weight excluding hydrogens is 427 g/mol. The van der Waals surface area contributed by atoms with E-state index in [0.717, 1.165) is 51.6 Å². The van der Waals surface area contributed by atoms with Gasteiger partial charge in [0.05, 0.1) is 4.90 Å². The third-order valence-corrected chi connectivity index (χ3v) is 8.78. The summed E-state index contributed by atoms with van der Waals surface area (Å²) >= 11 is 0. The molecule has 0 bridgehead atoms. The number of aliphatic hydroxyl groups excluding tert-OH is 1. The Balaban J connectivity index is 1.53. The second-order valence-corrected chi connectivity index (χ2v) is 10.9. The number of nitrogens with zero attached hydrogens (tertiary/aromatic N) is 2. The Hall–Kier alpha value is -1.80. The monoisotopic (exact) mass is 460 g/mol. The molecule has 2 aromatic carbocycles. The zero-order chi connectivity index (χ0) is 22.6. The SMILES string of the molecule is O=S(=O)(c1ccccc1-c1ccc(CN2CCC(CCO)CC2)c(F)c1)N1CCCCC1. The summed E-state index contributed by atoms with van der Waals surface area (Å²) in [6.45, 7) is 3.67. The van der Waals surface area contributed by atoms with Gasteiger partial charge in [0.2, 0.25) is 10.0 Å². The molecule has 0 radical (unpaired) electrons. The fourth-order valence-corrected chi connectivity index (χ4v) is 6.61. The maximum absolute atomic E-state index is 15.1. The normalized spacial score (nSPS) is 19.3. The van der Waals surface area contributed by atoms with Crippen molar-refractivity contribution in [1.82, 2.24) is 9.21 Å². The van der Waals surface area contributed by atoms with E-state index in [9.17, 15) is 8.42 Å². The van der Waals surface area contributed by atoms with Gasteiger partial charge in [-0.25, -0.2) is 12.8 Å². The molecule has 0 aromatic heterocycles. The molecule has 4 rings (SSSR count). The topological polar surface area (TPSA) is 60.9 Å². The van der Waals surface area contributed by atoms with E-state index in [-0.39, 0.29) is 17.3 Å². The van der Waals surface area contributed by atoms with E-state index in [4.69, 9.17) is 5.11 Å². The molecule has 7 heteroatoms. The standard InChI is InChI=1S/C25H33FN2O3S/c26-24-18-21(8-9-22(24)19-27-15-10-20(11-16-27)12-17-29)23-6-2-3-7-25(23)32(30,31)28-13-4-1-5-14-28/h2-3,6-9,18,20,29H,1,4-5,10-17,19H2. The summed E-state index contributed by atoms with van der Waals surface area (Å²) in [6, 6.07) is 12.0. The van der Waals surface area contributed by atoms with E-state index in [1.165, 1.54) is 6.07 Å². The average molecular weight is 461 g/mol. The number of likely N-dealkylation sites (tertiary alicyclic amines) is 1. The number of rotatable bonds is 7. The highest BCUT2D eigenvalue weighted by Crippen LogP contribution is 2.32. The first-order valence-electron chi connectivity index (χ1n) is 11.7. The van der Waals surface area contributed by atoms with Crippen molar-refractivity contribution in [3.63, 3.8) is 0 Å². The summed E-state index contributed by atoms with van der Waals surface area (Å²) < 4.78 is 43.2. The van der Waals surface area contributed by atoms with Crippen molar-refractivity contribution in [3.8, 4) is 11.1 Å². The van der Waals surface area contributed by atoms with E-state index in [2.05, 4.69) is 4.90 Å². The fourth-order valence-electron chi connectivity index (χ4n) is 4.87. The highest BCUT2D eigenvalue weighted by Gasteiger charge is 2.28. The van der Waals surface area contributed by atoms with Gasteiger partial charge in [-0.2, -0.15) is 4.31 Å². The molecule has 32 heavy (non-hydrogen) atoms. The predicted molar refractivity (Wildman–Crippen MR) is 124 cm³/mol. The van der Waals surface area contributed by atoms with Crippen molar-refractivity contribution in [2.45, 2.75) is 50.0 Å². The summed E-state index contributed by atoms with van der Waals surface area (Å²) in [4.78, 5) is 2.50. The van der Waals surface area contributed by atoms with Crippen LogP contribution in [0.3, 0.4) is 0 Å². The molecule has 2 heterocycles. The minimum absolute atomic E-state index is 0.232. The molecule has 2 aliphatic heterocycles. The van der Waals surface area contributed by atoms with Crippen molar-refractivity contribution in [3.05, 3.63) is 53.8 Å². The Kier molecular flexibility index (Phi) is 7.61. The van der Waals surface area contributed by atoms with Crippen LogP contribution in [0.25, 0.3) is 11.1 Å². The molecule has 174 valence electrons. The first kappa shape index (κ1) is 23.4. The molecule has 5 nitrogen and oxygen atoms in total. The summed E-state index contributed by atoms with van der Waals surface area (Å²) in [6.07, 6.45) is 5.71. The Morgan fingerprint density at radius 1 is 0.969 bits per heavy atom. The highest BCUT2D eigenvalue weighted by molar-refractivity contribution is 7.89. The first-order chi connectivity index (χ1) is 15.5. The fraction of sp³-hybridized carbons (Fsp3) is 0.520. The third kappa shape index (κ3) is 5.22. The van der Waals surface area contributed by atoms with Crippen LogP contribution in [0.4, 0.5) is 4.39 Å². The Morgan fingerprint density at radius 2 is 1.69 bits per heavy atom. The van der Waals surface area contributed by atoms with Gasteiger partial charge in [0.1, 0.15) is 5.82 Å². The molecule has 0 amide bonds. The molecule has 0 unspecified atom stereocenters. The van der Waals surface area contributed by atoms with Gasteiger partial charge in [-0.05, 0) is 68.8 Å². The molecular formula is C25H33FN2O3S. The van der Waals surface area contributed by atoms with Crippen molar-refractivity contribution >= 4 is 10.0 Å². The van der Waals surface area contributed by atoms with Crippen LogP contribution >= 0.6 is 0 Å². The van der Waals surface area contributed by atoms with E-state index in [0.29, 0.717) is 42.2 Å². The second-order valence-electron chi connectivity index (χ2n) is 9.00. The van der Waals surface area contributed by atoms with E-state index >= 15 is 4.39 Å². The van der Waals surface area contributed by atoms with Gasteiger partial charge in [0.15, 0.2) is 0 Å². The molecule has 0 spiro atoms. The maximum Gasteiger partial charge on any atom is 0.243 e. The number of aliphatic hydroxyl groups is 1. The number of benzene rings is 2. The molecule has 0 aliphatic carbocycles. The minimum atomic E-state index is -3.61. The molecule has 2 fully saturated rings. The smallest absolute Gasteiger partial charge is 0.243 e. The minimum Gasteiger partial charge on any atom is -0.396 e. The third-order valence-electron chi connectivity index (χ3n) is 6.82. The van der Waals surface area contributed by atoms with Crippen LogP contribution in [-0.4, -0.2) is 55.5 Å².